The fourth-order valence-electron chi connectivity index (χ4n) is 2.18. The van der Waals surface area contributed by atoms with Gasteiger partial charge >= 0.3 is 6.18 Å². The van der Waals surface area contributed by atoms with E-state index in [2.05, 4.69) is 15.3 Å². The van der Waals surface area contributed by atoms with Crippen LogP contribution >= 0.6 is 11.3 Å². The first-order valence-electron chi connectivity index (χ1n) is 6.85. The van der Waals surface area contributed by atoms with E-state index in [1.807, 2.05) is 5.38 Å². The van der Waals surface area contributed by atoms with E-state index in [-0.39, 0.29) is 5.75 Å². The van der Waals surface area contributed by atoms with Crippen molar-refractivity contribution < 1.29 is 17.9 Å². The number of hydrogen-bond donors (Lipinski definition) is 1. The molecule has 0 aliphatic rings. The molecule has 24 heavy (non-hydrogen) atoms. The number of rotatable bonds is 4. The van der Waals surface area contributed by atoms with Crippen molar-refractivity contribution in [2.75, 3.05) is 12.4 Å². The number of benzene rings is 1. The monoisotopic (exact) mass is 351 g/mol. The third-order valence-corrected chi connectivity index (χ3v) is 3.95. The molecule has 0 aliphatic heterocycles. The van der Waals surface area contributed by atoms with Gasteiger partial charge in [0.15, 0.2) is 5.13 Å². The van der Waals surface area contributed by atoms with Gasteiger partial charge in [0.1, 0.15) is 11.6 Å². The van der Waals surface area contributed by atoms with E-state index in [0.717, 1.165) is 6.07 Å². The van der Waals surface area contributed by atoms with Crippen LogP contribution in [0.15, 0.2) is 48.1 Å². The first-order chi connectivity index (χ1) is 11.5. The van der Waals surface area contributed by atoms with Crippen LogP contribution in [-0.4, -0.2) is 17.1 Å². The predicted octanol–water partition coefficient (Wildman–Crippen LogP) is 4.98. The van der Waals surface area contributed by atoms with Crippen molar-refractivity contribution in [3.8, 4) is 16.9 Å². The lowest BCUT2D eigenvalue weighted by atomic mass is 10.0. The third-order valence-electron chi connectivity index (χ3n) is 3.27. The topological polar surface area (TPSA) is 47.0 Å². The second kappa shape index (κ2) is 6.48. The Hall–Kier alpha value is -2.61. The molecule has 0 amide bonds. The summed E-state index contributed by atoms with van der Waals surface area (Å²) in [6.45, 7) is 0. The van der Waals surface area contributed by atoms with Crippen molar-refractivity contribution in [2.24, 2.45) is 0 Å². The van der Waals surface area contributed by atoms with Gasteiger partial charge in [0.25, 0.3) is 0 Å². The van der Waals surface area contributed by atoms with Gasteiger partial charge in [-0.1, -0.05) is 6.07 Å². The van der Waals surface area contributed by atoms with Crippen LogP contribution in [0.1, 0.15) is 5.56 Å². The van der Waals surface area contributed by atoms with Crippen LogP contribution in [0.3, 0.4) is 0 Å². The Balaban J connectivity index is 1.97. The summed E-state index contributed by atoms with van der Waals surface area (Å²) < 4.78 is 44.3. The number of ether oxygens (including phenoxy) is 1. The highest BCUT2D eigenvalue weighted by Crippen LogP contribution is 2.38. The second-order valence-corrected chi connectivity index (χ2v) is 5.70. The summed E-state index contributed by atoms with van der Waals surface area (Å²) in [5, 5.41) is 5.48. The molecule has 0 aliphatic carbocycles. The maximum atomic E-state index is 13.2. The minimum absolute atomic E-state index is 0.207. The number of aromatic nitrogens is 2. The van der Waals surface area contributed by atoms with E-state index in [1.54, 1.807) is 24.4 Å². The van der Waals surface area contributed by atoms with Gasteiger partial charge in [0, 0.05) is 17.8 Å². The number of nitrogens with zero attached hydrogens (tertiary/aromatic N) is 2. The summed E-state index contributed by atoms with van der Waals surface area (Å²) in [7, 11) is 1.22. The van der Waals surface area contributed by atoms with Crippen molar-refractivity contribution in [3.05, 3.63) is 53.7 Å². The molecule has 3 rings (SSSR count). The van der Waals surface area contributed by atoms with Gasteiger partial charge in [-0.05, 0) is 35.4 Å². The summed E-state index contributed by atoms with van der Waals surface area (Å²) >= 11 is 1.40. The van der Waals surface area contributed by atoms with Crippen LogP contribution in [0.25, 0.3) is 11.1 Å². The number of thiazole rings is 1. The standard InChI is InChI=1S/C16H12F3N3OS/c1-23-13-3-2-10(8-12(13)16(17,18)19)11-4-5-20-14(9-11)22-15-21-6-7-24-15/h2-9H,1H3,(H,20,21,22). The van der Waals surface area contributed by atoms with E-state index in [1.165, 1.54) is 30.7 Å². The minimum Gasteiger partial charge on any atom is -0.496 e. The van der Waals surface area contributed by atoms with Gasteiger partial charge in [-0.3, -0.25) is 0 Å². The minimum atomic E-state index is -4.49. The molecule has 2 heterocycles. The zero-order valence-corrected chi connectivity index (χ0v) is 13.3. The Morgan fingerprint density at radius 1 is 1.04 bits per heavy atom. The van der Waals surface area contributed by atoms with Crippen LogP contribution in [0.4, 0.5) is 24.1 Å². The molecule has 0 unspecified atom stereocenters. The SMILES string of the molecule is COc1ccc(-c2ccnc(Nc3nccs3)c2)cc1C(F)(F)F. The van der Waals surface area contributed by atoms with Crippen molar-refractivity contribution in [1.82, 2.24) is 9.97 Å². The molecule has 1 N–H and O–H groups in total. The quantitative estimate of drug-likeness (QED) is 0.720. The lowest BCUT2D eigenvalue weighted by Gasteiger charge is -2.14. The molecule has 0 saturated carbocycles. The summed E-state index contributed by atoms with van der Waals surface area (Å²) in [6.07, 6.45) is -1.31. The van der Waals surface area contributed by atoms with E-state index in [9.17, 15) is 13.2 Å². The van der Waals surface area contributed by atoms with Crippen LogP contribution in [0.2, 0.25) is 0 Å². The van der Waals surface area contributed by atoms with Crippen LogP contribution in [0.5, 0.6) is 5.75 Å². The molecule has 0 atom stereocenters. The number of hydrogen-bond acceptors (Lipinski definition) is 5. The second-order valence-electron chi connectivity index (χ2n) is 4.80. The smallest absolute Gasteiger partial charge is 0.419 e. The van der Waals surface area contributed by atoms with Gasteiger partial charge in [0.05, 0.1) is 12.7 Å². The average Bonchev–Trinajstić information content (AvgIpc) is 3.06. The molecule has 124 valence electrons. The van der Waals surface area contributed by atoms with Gasteiger partial charge < -0.3 is 10.1 Å². The summed E-state index contributed by atoms with van der Waals surface area (Å²) in [4.78, 5) is 8.24. The highest BCUT2D eigenvalue weighted by molar-refractivity contribution is 7.13. The van der Waals surface area contributed by atoms with Gasteiger partial charge in [-0.2, -0.15) is 13.2 Å². The van der Waals surface area contributed by atoms with Crippen molar-refractivity contribution in [3.63, 3.8) is 0 Å². The summed E-state index contributed by atoms with van der Waals surface area (Å²) in [5.41, 5.74) is 0.221. The number of nitrogens with one attached hydrogen (secondary N) is 1. The molecule has 3 aromatic rings. The molecule has 8 heteroatoms. The maximum Gasteiger partial charge on any atom is 0.419 e. The van der Waals surface area contributed by atoms with E-state index < -0.39 is 11.7 Å². The predicted molar refractivity (Wildman–Crippen MR) is 86.6 cm³/mol. The molecule has 4 nitrogen and oxygen atoms in total. The van der Waals surface area contributed by atoms with Gasteiger partial charge in [-0.15, -0.1) is 11.3 Å². The number of methoxy groups -OCH3 is 1. The molecular formula is C16H12F3N3OS. The molecule has 2 aromatic heterocycles. The average molecular weight is 351 g/mol. The zero-order chi connectivity index (χ0) is 17.2. The number of anilines is 2. The van der Waals surface area contributed by atoms with Crippen LogP contribution < -0.4 is 10.1 Å². The van der Waals surface area contributed by atoms with E-state index >= 15 is 0 Å². The summed E-state index contributed by atoms with van der Waals surface area (Å²) in [6, 6.07) is 7.28. The van der Waals surface area contributed by atoms with Crippen molar-refractivity contribution >= 4 is 22.3 Å². The van der Waals surface area contributed by atoms with Crippen LogP contribution in [0, 0.1) is 0 Å². The lowest BCUT2D eigenvalue weighted by Crippen LogP contribution is -2.07. The molecule has 0 spiro atoms. The summed E-state index contributed by atoms with van der Waals surface area (Å²) in [5.74, 6) is 0.299. The highest BCUT2D eigenvalue weighted by Gasteiger charge is 2.34. The van der Waals surface area contributed by atoms with Crippen molar-refractivity contribution in [2.45, 2.75) is 6.18 Å². The molecule has 0 saturated heterocycles. The highest BCUT2D eigenvalue weighted by atomic mass is 32.1. The number of pyridine rings is 1. The molecule has 0 fully saturated rings. The number of halogens is 3. The molecule has 0 bridgehead atoms. The van der Waals surface area contributed by atoms with Crippen LogP contribution in [-0.2, 0) is 6.18 Å². The lowest BCUT2D eigenvalue weighted by molar-refractivity contribution is -0.138. The molecule has 0 radical (unpaired) electrons. The van der Waals surface area contributed by atoms with E-state index in [4.69, 9.17) is 4.74 Å². The largest absolute Gasteiger partial charge is 0.496 e. The Labute approximate surface area is 140 Å². The first kappa shape index (κ1) is 16.3. The fourth-order valence-corrected chi connectivity index (χ4v) is 2.72. The van der Waals surface area contributed by atoms with E-state index in [0.29, 0.717) is 22.1 Å². The molecule has 1 aromatic carbocycles. The van der Waals surface area contributed by atoms with Gasteiger partial charge in [0.2, 0.25) is 0 Å². The Kier molecular flexibility index (Phi) is 4.39. The fraction of sp³-hybridized carbons (Fsp3) is 0.125. The first-order valence-corrected chi connectivity index (χ1v) is 7.73. The van der Waals surface area contributed by atoms with Gasteiger partial charge in [-0.25, -0.2) is 9.97 Å². The third kappa shape index (κ3) is 3.48. The Morgan fingerprint density at radius 3 is 2.50 bits per heavy atom. The maximum absolute atomic E-state index is 13.2. The Bertz CT molecular complexity index is 835. The molecular weight excluding hydrogens is 339 g/mol. The normalized spacial score (nSPS) is 11.3. The Morgan fingerprint density at radius 2 is 1.83 bits per heavy atom. The zero-order valence-electron chi connectivity index (χ0n) is 12.5. The van der Waals surface area contributed by atoms with Crippen molar-refractivity contribution in [1.29, 1.82) is 0 Å². The number of alkyl halides is 3.